The molecule has 0 aliphatic carbocycles. The number of carbonyl (C=O) groups is 1. The fraction of sp³-hybridized carbons (Fsp3) is 0.435. The van der Waals surface area contributed by atoms with Gasteiger partial charge in [0.25, 0.3) is 0 Å². The van der Waals surface area contributed by atoms with E-state index in [1.54, 1.807) is 12.1 Å². The number of methoxy groups -OCH3 is 1. The van der Waals surface area contributed by atoms with Gasteiger partial charge < -0.3 is 15.0 Å². The number of hydrogen-bond acceptors (Lipinski definition) is 4. The summed E-state index contributed by atoms with van der Waals surface area (Å²) in [4.78, 5) is 17.0. The van der Waals surface area contributed by atoms with Crippen LogP contribution in [0.15, 0.2) is 48.5 Å². The molecule has 2 aromatic rings. The number of piperazine rings is 1. The summed E-state index contributed by atoms with van der Waals surface area (Å²) < 4.78 is 18.6. The highest BCUT2D eigenvalue weighted by molar-refractivity contribution is 5.78. The second-order valence-electron chi connectivity index (χ2n) is 7.45. The molecule has 1 heterocycles. The van der Waals surface area contributed by atoms with Crippen LogP contribution < -0.4 is 10.1 Å². The van der Waals surface area contributed by atoms with Crippen molar-refractivity contribution in [1.82, 2.24) is 15.1 Å². The molecule has 0 aromatic heterocycles. The van der Waals surface area contributed by atoms with Crippen LogP contribution in [0.2, 0.25) is 0 Å². The molecule has 1 fully saturated rings. The molecule has 1 saturated heterocycles. The maximum atomic E-state index is 13.7. The van der Waals surface area contributed by atoms with Crippen LogP contribution in [0.1, 0.15) is 17.5 Å². The molecular weight excluding hydrogens is 369 g/mol. The van der Waals surface area contributed by atoms with Gasteiger partial charge in [0.05, 0.1) is 13.5 Å². The lowest BCUT2D eigenvalue weighted by Crippen LogP contribution is -2.46. The number of nitrogens with one attached hydrogen (secondary N) is 1. The first-order valence-electron chi connectivity index (χ1n) is 10.2. The van der Waals surface area contributed by atoms with Gasteiger partial charge in [0.2, 0.25) is 5.91 Å². The Kier molecular flexibility index (Phi) is 8.02. The molecule has 0 atom stereocenters. The predicted octanol–water partition coefficient (Wildman–Crippen LogP) is 2.70. The van der Waals surface area contributed by atoms with Gasteiger partial charge in [-0.3, -0.25) is 9.69 Å². The van der Waals surface area contributed by atoms with Gasteiger partial charge in [-0.1, -0.05) is 36.4 Å². The SMILES string of the molecule is COc1ccc(CC(=O)NCCCN2CCN(Cc3ccccc3)CC2)cc1F. The molecular formula is C23H30FN3O2. The van der Waals surface area contributed by atoms with Crippen molar-refractivity contribution in [2.24, 2.45) is 0 Å². The van der Waals surface area contributed by atoms with Crippen LogP contribution in [0.25, 0.3) is 0 Å². The van der Waals surface area contributed by atoms with E-state index in [1.165, 1.54) is 18.7 Å². The van der Waals surface area contributed by atoms with Gasteiger partial charge in [-0.05, 0) is 36.2 Å². The minimum Gasteiger partial charge on any atom is -0.494 e. The number of halogens is 1. The Morgan fingerprint density at radius 2 is 1.76 bits per heavy atom. The van der Waals surface area contributed by atoms with E-state index in [0.717, 1.165) is 45.7 Å². The van der Waals surface area contributed by atoms with E-state index >= 15 is 0 Å². The minimum absolute atomic E-state index is 0.0813. The summed E-state index contributed by atoms with van der Waals surface area (Å²) in [7, 11) is 1.42. The number of rotatable bonds is 9. The van der Waals surface area contributed by atoms with Crippen molar-refractivity contribution in [3.05, 3.63) is 65.5 Å². The van der Waals surface area contributed by atoms with E-state index in [9.17, 15) is 9.18 Å². The fourth-order valence-corrected chi connectivity index (χ4v) is 3.61. The van der Waals surface area contributed by atoms with Gasteiger partial charge in [-0.15, -0.1) is 0 Å². The Bertz CT molecular complexity index is 777. The second kappa shape index (κ2) is 10.9. The van der Waals surface area contributed by atoms with Gasteiger partial charge in [-0.2, -0.15) is 0 Å². The van der Waals surface area contributed by atoms with Gasteiger partial charge in [-0.25, -0.2) is 4.39 Å². The third-order valence-corrected chi connectivity index (χ3v) is 5.27. The summed E-state index contributed by atoms with van der Waals surface area (Å²) in [6.45, 7) is 6.90. The van der Waals surface area contributed by atoms with Crippen LogP contribution in [0, 0.1) is 5.82 Å². The van der Waals surface area contributed by atoms with Gasteiger partial charge in [0.15, 0.2) is 11.6 Å². The lowest BCUT2D eigenvalue weighted by atomic mass is 10.1. The van der Waals surface area contributed by atoms with Crippen molar-refractivity contribution in [2.45, 2.75) is 19.4 Å². The fourth-order valence-electron chi connectivity index (χ4n) is 3.61. The Morgan fingerprint density at radius 3 is 2.45 bits per heavy atom. The topological polar surface area (TPSA) is 44.8 Å². The molecule has 1 aliphatic heterocycles. The van der Waals surface area contributed by atoms with Gasteiger partial charge in [0.1, 0.15) is 0 Å². The Morgan fingerprint density at radius 1 is 1.03 bits per heavy atom. The van der Waals surface area contributed by atoms with E-state index in [0.29, 0.717) is 12.1 Å². The van der Waals surface area contributed by atoms with Gasteiger partial charge >= 0.3 is 0 Å². The summed E-state index contributed by atoms with van der Waals surface area (Å²) in [6, 6.07) is 15.2. The average molecular weight is 400 g/mol. The van der Waals surface area contributed by atoms with Crippen molar-refractivity contribution >= 4 is 5.91 Å². The molecule has 1 amide bonds. The van der Waals surface area contributed by atoms with Crippen LogP contribution in [0.3, 0.4) is 0 Å². The second-order valence-corrected chi connectivity index (χ2v) is 7.45. The predicted molar refractivity (Wildman–Crippen MR) is 112 cm³/mol. The maximum absolute atomic E-state index is 13.7. The van der Waals surface area contributed by atoms with Crippen molar-refractivity contribution in [1.29, 1.82) is 0 Å². The first-order chi connectivity index (χ1) is 14.1. The summed E-state index contributed by atoms with van der Waals surface area (Å²) >= 11 is 0. The summed E-state index contributed by atoms with van der Waals surface area (Å²) in [5.74, 6) is -0.329. The van der Waals surface area contributed by atoms with Crippen LogP contribution >= 0.6 is 0 Å². The first kappa shape index (κ1) is 21.3. The lowest BCUT2D eigenvalue weighted by Gasteiger charge is -2.34. The molecule has 2 aromatic carbocycles. The third-order valence-electron chi connectivity index (χ3n) is 5.27. The van der Waals surface area contributed by atoms with Gasteiger partial charge in [0, 0.05) is 39.3 Å². The number of amides is 1. The quantitative estimate of drug-likeness (QED) is 0.659. The van der Waals surface area contributed by atoms with Crippen molar-refractivity contribution in [3.63, 3.8) is 0 Å². The Hall–Kier alpha value is -2.44. The van der Waals surface area contributed by atoms with E-state index < -0.39 is 5.82 Å². The molecule has 29 heavy (non-hydrogen) atoms. The molecule has 6 heteroatoms. The standard InChI is InChI=1S/C23H30FN3O2/c1-29-22-9-8-20(16-21(22)24)17-23(28)25-10-5-11-26-12-14-27(15-13-26)18-19-6-3-2-4-7-19/h2-4,6-9,16H,5,10-15,17-18H2,1H3,(H,25,28). The highest BCUT2D eigenvalue weighted by Crippen LogP contribution is 2.17. The molecule has 0 spiro atoms. The highest BCUT2D eigenvalue weighted by atomic mass is 19.1. The molecule has 5 nitrogen and oxygen atoms in total. The average Bonchev–Trinajstić information content (AvgIpc) is 2.73. The number of carbonyl (C=O) groups excluding carboxylic acids is 1. The Balaban J connectivity index is 1.29. The summed E-state index contributed by atoms with van der Waals surface area (Å²) in [5, 5.41) is 2.93. The molecule has 0 radical (unpaired) electrons. The summed E-state index contributed by atoms with van der Waals surface area (Å²) in [6.07, 6.45) is 1.10. The molecule has 0 unspecified atom stereocenters. The van der Waals surface area contributed by atoms with Crippen LogP contribution in [-0.2, 0) is 17.8 Å². The third kappa shape index (κ3) is 6.84. The number of ether oxygens (including phenoxy) is 1. The van der Waals surface area contributed by atoms with Crippen molar-refractivity contribution in [3.8, 4) is 5.75 Å². The Labute approximate surface area is 172 Å². The maximum Gasteiger partial charge on any atom is 0.224 e. The smallest absolute Gasteiger partial charge is 0.224 e. The number of benzene rings is 2. The van der Waals surface area contributed by atoms with Crippen LogP contribution in [0.5, 0.6) is 5.75 Å². The van der Waals surface area contributed by atoms with Crippen LogP contribution in [-0.4, -0.2) is 62.1 Å². The molecule has 1 N–H and O–H groups in total. The van der Waals surface area contributed by atoms with Crippen LogP contribution in [0.4, 0.5) is 4.39 Å². The molecule has 0 saturated carbocycles. The van der Waals surface area contributed by atoms with Crippen molar-refractivity contribution in [2.75, 3.05) is 46.4 Å². The van der Waals surface area contributed by atoms with E-state index in [1.807, 2.05) is 0 Å². The van der Waals surface area contributed by atoms with E-state index in [4.69, 9.17) is 4.74 Å². The molecule has 156 valence electrons. The lowest BCUT2D eigenvalue weighted by molar-refractivity contribution is -0.120. The monoisotopic (exact) mass is 399 g/mol. The number of hydrogen-bond donors (Lipinski definition) is 1. The van der Waals surface area contributed by atoms with E-state index in [2.05, 4.69) is 45.4 Å². The first-order valence-corrected chi connectivity index (χ1v) is 10.2. The minimum atomic E-state index is -0.441. The number of nitrogens with zero attached hydrogens (tertiary/aromatic N) is 2. The zero-order chi connectivity index (χ0) is 20.5. The normalized spacial score (nSPS) is 15.2. The van der Waals surface area contributed by atoms with Crippen molar-refractivity contribution < 1.29 is 13.9 Å². The molecule has 1 aliphatic rings. The largest absolute Gasteiger partial charge is 0.494 e. The van der Waals surface area contributed by atoms with E-state index in [-0.39, 0.29) is 18.1 Å². The zero-order valence-electron chi connectivity index (χ0n) is 17.1. The zero-order valence-corrected chi connectivity index (χ0v) is 17.1. The molecule has 0 bridgehead atoms. The summed E-state index contributed by atoms with van der Waals surface area (Å²) in [5.41, 5.74) is 2.01. The highest BCUT2D eigenvalue weighted by Gasteiger charge is 2.16. The molecule has 3 rings (SSSR count).